The Kier molecular flexibility index (Phi) is 5.35. The van der Waals surface area contributed by atoms with Gasteiger partial charge in [0.1, 0.15) is 11.9 Å². The van der Waals surface area contributed by atoms with Gasteiger partial charge < -0.3 is 14.8 Å². The summed E-state index contributed by atoms with van der Waals surface area (Å²) in [7, 11) is 3.21. The quantitative estimate of drug-likeness (QED) is 0.723. The van der Waals surface area contributed by atoms with E-state index in [1.54, 1.807) is 20.4 Å². The van der Waals surface area contributed by atoms with E-state index in [0.29, 0.717) is 29.4 Å². The number of ether oxygens (including phenoxy) is 2. The molecule has 3 rings (SSSR count). The third-order valence-corrected chi connectivity index (χ3v) is 4.02. The molecule has 0 aliphatic rings. The molecule has 3 aromatic rings. The zero-order valence-corrected chi connectivity index (χ0v) is 14.7. The molecule has 0 amide bonds. The first-order chi connectivity index (χ1) is 12.7. The summed E-state index contributed by atoms with van der Waals surface area (Å²) >= 11 is 0. The average molecular weight is 345 g/mol. The van der Waals surface area contributed by atoms with Crippen LogP contribution in [0.4, 0.5) is 5.82 Å². The highest BCUT2D eigenvalue weighted by Crippen LogP contribution is 2.28. The maximum Gasteiger partial charge on any atom is 0.161 e. The van der Waals surface area contributed by atoms with Crippen LogP contribution in [0.15, 0.2) is 60.8 Å². The van der Waals surface area contributed by atoms with E-state index < -0.39 is 0 Å². The van der Waals surface area contributed by atoms with Gasteiger partial charge in [-0.1, -0.05) is 36.4 Å². The molecule has 1 aromatic heterocycles. The lowest BCUT2D eigenvalue weighted by Gasteiger charge is -2.12. The van der Waals surface area contributed by atoms with E-state index >= 15 is 0 Å². The Hall–Kier alpha value is -3.52. The molecule has 1 N–H and O–H groups in total. The van der Waals surface area contributed by atoms with Crippen molar-refractivity contribution in [1.82, 2.24) is 4.98 Å². The Morgan fingerprint density at radius 2 is 1.73 bits per heavy atom. The highest BCUT2D eigenvalue weighted by atomic mass is 16.5. The van der Waals surface area contributed by atoms with Crippen molar-refractivity contribution in [2.24, 2.45) is 0 Å². The number of aromatic nitrogens is 1. The molecule has 0 radical (unpaired) electrons. The standard InChI is InChI=1S/C21H19N3O2/c1-25-19-9-8-15(10-20(19)26-2)13-23-21-17(12-22)11-18(14-24-21)16-6-4-3-5-7-16/h3-11,14H,13H2,1-2H3,(H,23,24). The van der Waals surface area contributed by atoms with Crippen LogP contribution in [0, 0.1) is 11.3 Å². The summed E-state index contributed by atoms with van der Waals surface area (Å²) in [5, 5.41) is 12.7. The highest BCUT2D eigenvalue weighted by molar-refractivity contribution is 5.67. The molecule has 0 unspecified atom stereocenters. The van der Waals surface area contributed by atoms with E-state index in [-0.39, 0.29) is 0 Å². The smallest absolute Gasteiger partial charge is 0.161 e. The second kappa shape index (κ2) is 8.04. The summed E-state index contributed by atoms with van der Waals surface area (Å²) in [6.45, 7) is 0.521. The predicted octanol–water partition coefficient (Wildman–Crippen LogP) is 4.25. The van der Waals surface area contributed by atoms with E-state index in [4.69, 9.17) is 9.47 Å². The van der Waals surface area contributed by atoms with Crippen molar-refractivity contribution in [3.8, 4) is 28.7 Å². The third kappa shape index (κ3) is 3.76. The van der Waals surface area contributed by atoms with Gasteiger partial charge in [0.2, 0.25) is 0 Å². The van der Waals surface area contributed by atoms with E-state index in [2.05, 4.69) is 16.4 Å². The van der Waals surface area contributed by atoms with Crippen molar-refractivity contribution in [3.05, 3.63) is 71.9 Å². The van der Waals surface area contributed by atoms with Crippen LogP contribution >= 0.6 is 0 Å². The van der Waals surface area contributed by atoms with Crippen molar-refractivity contribution in [2.75, 3.05) is 19.5 Å². The Morgan fingerprint density at radius 3 is 2.42 bits per heavy atom. The number of anilines is 1. The maximum absolute atomic E-state index is 9.47. The van der Waals surface area contributed by atoms with Crippen LogP contribution in [0.5, 0.6) is 11.5 Å². The third-order valence-electron chi connectivity index (χ3n) is 4.02. The normalized spacial score (nSPS) is 10.0. The van der Waals surface area contributed by atoms with Crippen molar-refractivity contribution in [3.63, 3.8) is 0 Å². The largest absolute Gasteiger partial charge is 0.493 e. The van der Waals surface area contributed by atoms with Gasteiger partial charge in [0.15, 0.2) is 11.5 Å². The fraction of sp³-hybridized carbons (Fsp3) is 0.143. The van der Waals surface area contributed by atoms with Crippen LogP contribution in [0.3, 0.4) is 0 Å². The Morgan fingerprint density at radius 1 is 0.962 bits per heavy atom. The lowest BCUT2D eigenvalue weighted by molar-refractivity contribution is 0.354. The number of nitrogens with zero attached hydrogens (tertiary/aromatic N) is 2. The summed E-state index contributed by atoms with van der Waals surface area (Å²) in [5.74, 6) is 1.90. The zero-order chi connectivity index (χ0) is 18.4. The van der Waals surface area contributed by atoms with Crippen LogP contribution in [0.1, 0.15) is 11.1 Å². The van der Waals surface area contributed by atoms with Gasteiger partial charge in [0.05, 0.1) is 19.8 Å². The first kappa shape index (κ1) is 17.3. The van der Waals surface area contributed by atoms with E-state index in [1.807, 2.05) is 54.6 Å². The fourth-order valence-electron chi connectivity index (χ4n) is 2.66. The van der Waals surface area contributed by atoms with Crippen LogP contribution in [0.25, 0.3) is 11.1 Å². The molecule has 2 aromatic carbocycles. The van der Waals surface area contributed by atoms with Crippen molar-refractivity contribution in [2.45, 2.75) is 6.54 Å². The van der Waals surface area contributed by atoms with E-state index in [9.17, 15) is 5.26 Å². The molecule has 0 atom stereocenters. The van der Waals surface area contributed by atoms with Gasteiger partial charge in [0.25, 0.3) is 0 Å². The molecular weight excluding hydrogens is 326 g/mol. The van der Waals surface area contributed by atoms with Gasteiger partial charge in [-0.2, -0.15) is 5.26 Å². The fourth-order valence-corrected chi connectivity index (χ4v) is 2.66. The number of hydrogen-bond acceptors (Lipinski definition) is 5. The Bertz CT molecular complexity index is 934. The Balaban J connectivity index is 1.79. The second-order valence-electron chi connectivity index (χ2n) is 5.64. The molecular formula is C21H19N3O2. The minimum Gasteiger partial charge on any atom is -0.493 e. The van der Waals surface area contributed by atoms with Crippen molar-refractivity contribution < 1.29 is 9.47 Å². The second-order valence-corrected chi connectivity index (χ2v) is 5.64. The van der Waals surface area contributed by atoms with Crippen LogP contribution in [-0.4, -0.2) is 19.2 Å². The Labute approximate surface area is 152 Å². The summed E-state index contributed by atoms with van der Waals surface area (Å²) < 4.78 is 10.6. The summed E-state index contributed by atoms with van der Waals surface area (Å²) in [6, 6.07) is 19.6. The molecule has 0 aliphatic heterocycles. The van der Waals surface area contributed by atoms with Gasteiger partial charge in [-0.15, -0.1) is 0 Å². The van der Waals surface area contributed by atoms with E-state index in [1.165, 1.54) is 0 Å². The topological polar surface area (TPSA) is 67.2 Å². The van der Waals surface area contributed by atoms with Gasteiger partial charge in [-0.3, -0.25) is 0 Å². The first-order valence-corrected chi connectivity index (χ1v) is 8.15. The van der Waals surface area contributed by atoms with Gasteiger partial charge in [-0.25, -0.2) is 4.98 Å². The summed E-state index contributed by atoms with van der Waals surface area (Å²) in [4.78, 5) is 4.43. The van der Waals surface area contributed by atoms with Crippen LogP contribution in [-0.2, 0) is 6.54 Å². The first-order valence-electron chi connectivity index (χ1n) is 8.15. The molecule has 0 aliphatic carbocycles. The van der Waals surface area contributed by atoms with Crippen LogP contribution in [0.2, 0.25) is 0 Å². The predicted molar refractivity (Wildman–Crippen MR) is 101 cm³/mol. The van der Waals surface area contributed by atoms with Crippen LogP contribution < -0.4 is 14.8 Å². The molecule has 5 nitrogen and oxygen atoms in total. The lowest BCUT2D eigenvalue weighted by atomic mass is 10.1. The number of nitrogens with one attached hydrogen (secondary N) is 1. The van der Waals surface area contributed by atoms with Crippen molar-refractivity contribution >= 4 is 5.82 Å². The molecule has 1 heterocycles. The minimum absolute atomic E-state index is 0.506. The zero-order valence-electron chi connectivity index (χ0n) is 14.7. The minimum atomic E-state index is 0.506. The molecule has 130 valence electrons. The number of nitriles is 1. The molecule has 0 spiro atoms. The molecule has 0 bridgehead atoms. The molecule has 26 heavy (non-hydrogen) atoms. The lowest BCUT2D eigenvalue weighted by Crippen LogP contribution is -2.04. The monoisotopic (exact) mass is 345 g/mol. The summed E-state index contributed by atoms with van der Waals surface area (Å²) in [5.41, 5.74) is 3.45. The van der Waals surface area contributed by atoms with Gasteiger partial charge >= 0.3 is 0 Å². The summed E-state index contributed by atoms with van der Waals surface area (Å²) in [6.07, 6.45) is 1.77. The number of methoxy groups -OCH3 is 2. The molecule has 5 heteroatoms. The van der Waals surface area contributed by atoms with Crippen molar-refractivity contribution in [1.29, 1.82) is 5.26 Å². The van der Waals surface area contributed by atoms with Gasteiger partial charge in [-0.05, 0) is 29.3 Å². The van der Waals surface area contributed by atoms with Gasteiger partial charge in [0, 0.05) is 18.3 Å². The highest BCUT2D eigenvalue weighted by Gasteiger charge is 2.08. The number of pyridine rings is 1. The SMILES string of the molecule is COc1ccc(CNc2ncc(-c3ccccc3)cc2C#N)cc1OC. The molecule has 0 fully saturated rings. The average Bonchev–Trinajstić information content (AvgIpc) is 2.72. The number of benzene rings is 2. The molecule has 0 saturated carbocycles. The number of hydrogen-bond donors (Lipinski definition) is 1. The van der Waals surface area contributed by atoms with E-state index in [0.717, 1.165) is 16.7 Å². The number of rotatable bonds is 6. The molecule has 0 saturated heterocycles. The maximum atomic E-state index is 9.47.